The van der Waals surface area contributed by atoms with Gasteiger partial charge in [-0.15, -0.1) is 11.8 Å². The Kier molecular flexibility index (Phi) is 5.09. The Hall–Kier alpha value is -2.79. The normalized spacial score (nSPS) is 11.7. The summed E-state index contributed by atoms with van der Waals surface area (Å²) in [5.74, 6) is 0.823. The first-order valence-corrected chi connectivity index (χ1v) is 9.65. The Labute approximate surface area is 165 Å². The van der Waals surface area contributed by atoms with Gasteiger partial charge in [0, 0.05) is 33.9 Å². The molecule has 1 radical (unpaired) electrons. The van der Waals surface area contributed by atoms with E-state index in [1.807, 2.05) is 42.5 Å². The van der Waals surface area contributed by atoms with Crippen molar-refractivity contribution in [1.82, 2.24) is 4.98 Å². The molecule has 0 aliphatic heterocycles. The standard InChI is InChI=1S/C23H15F3NS/c24-23(25,26)21-11-5-10-20-19(12-13-27-22(20)21)17-8-4-9-18(14-17)28-15-16-6-2-1-3-7-16/h1-11,13-14H,15H2. The molecule has 139 valence electrons. The lowest BCUT2D eigenvalue weighted by Gasteiger charge is -2.12. The van der Waals surface area contributed by atoms with Gasteiger partial charge < -0.3 is 0 Å². The van der Waals surface area contributed by atoms with Gasteiger partial charge in [-0.1, -0.05) is 54.6 Å². The van der Waals surface area contributed by atoms with Crippen LogP contribution in [0.3, 0.4) is 0 Å². The van der Waals surface area contributed by atoms with Crippen LogP contribution in [0.5, 0.6) is 0 Å². The molecule has 0 saturated carbocycles. The summed E-state index contributed by atoms with van der Waals surface area (Å²) in [4.78, 5) is 5.00. The zero-order valence-corrected chi connectivity index (χ0v) is 15.5. The maximum Gasteiger partial charge on any atom is 0.418 e. The number of fused-ring (bicyclic) bond motifs is 1. The van der Waals surface area contributed by atoms with Crippen molar-refractivity contribution in [3.05, 3.63) is 96.2 Å². The average Bonchev–Trinajstić information content (AvgIpc) is 2.71. The molecular weight excluding hydrogens is 379 g/mol. The second-order valence-corrected chi connectivity index (χ2v) is 7.33. The second-order valence-electron chi connectivity index (χ2n) is 6.28. The van der Waals surface area contributed by atoms with E-state index in [2.05, 4.69) is 23.2 Å². The molecule has 0 amide bonds. The number of hydrogen-bond acceptors (Lipinski definition) is 2. The summed E-state index contributed by atoms with van der Waals surface area (Å²) in [5, 5.41) is 0.447. The van der Waals surface area contributed by atoms with E-state index in [9.17, 15) is 13.2 Å². The fourth-order valence-electron chi connectivity index (χ4n) is 3.07. The van der Waals surface area contributed by atoms with Crippen molar-refractivity contribution < 1.29 is 13.2 Å². The van der Waals surface area contributed by atoms with Gasteiger partial charge in [0.25, 0.3) is 0 Å². The van der Waals surface area contributed by atoms with E-state index >= 15 is 0 Å². The fraction of sp³-hybridized carbons (Fsp3) is 0.0870. The van der Waals surface area contributed by atoms with Gasteiger partial charge in [0.1, 0.15) is 0 Å². The van der Waals surface area contributed by atoms with E-state index in [4.69, 9.17) is 0 Å². The van der Waals surface area contributed by atoms with Crippen LogP contribution in [0.2, 0.25) is 0 Å². The topological polar surface area (TPSA) is 12.9 Å². The minimum Gasteiger partial charge on any atom is -0.255 e. The van der Waals surface area contributed by atoms with Gasteiger partial charge >= 0.3 is 6.18 Å². The summed E-state index contributed by atoms with van der Waals surface area (Å²) >= 11 is 1.69. The molecule has 0 unspecified atom stereocenters. The monoisotopic (exact) mass is 394 g/mol. The molecule has 1 aromatic heterocycles. The van der Waals surface area contributed by atoms with Crippen molar-refractivity contribution in [1.29, 1.82) is 0 Å². The molecule has 28 heavy (non-hydrogen) atoms. The SMILES string of the molecule is FC(F)(F)c1cccc2c(-c3cccc(SCc4ccccc4)c3)[c]cnc12. The molecule has 4 rings (SSSR count). The van der Waals surface area contributed by atoms with Crippen LogP contribution in [0.25, 0.3) is 22.0 Å². The Morgan fingerprint density at radius 3 is 2.46 bits per heavy atom. The van der Waals surface area contributed by atoms with Gasteiger partial charge in [-0.2, -0.15) is 13.2 Å². The third kappa shape index (κ3) is 3.90. The first kappa shape index (κ1) is 18.6. The van der Waals surface area contributed by atoms with Gasteiger partial charge in [-0.25, -0.2) is 0 Å². The molecule has 0 fully saturated rings. The van der Waals surface area contributed by atoms with Crippen molar-refractivity contribution in [2.75, 3.05) is 0 Å². The number of alkyl halides is 3. The number of thioether (sulfide) groups is 1. The first-order valence-electron chi connectivity index (χ1n) is 8.66. The van der Waals surface area contributed by atoms with E-state index in [0.717, 1.165) is 22.3 Å². The summed E-state index contributed by atoms with van der Waals surface area (Å²) in [6.45, 7) is 0. The van der Waals surface area contributed by atoms with Gasteiger partial charge in [-0.3, -0.25) is 4.98 Å². The summed E-state index contributed by atoms with van der Waals surface area (Å²) < 4.78 is 40.0. The zero-order valence-electron chi connectivity index (χ0n) is 14.7. The number of rotatable bonds is 4. The van der Waals surface area contributed by atoms with Crippen LogP contribution in [0.4, 0.5) is 13.2 Å². The minimum atomic E-state index is -4.45. The number of para-hydroxylation sites is 1. The van der Waals surface area contributed by atoms with Crippen LogP contribution in [0.15, 0.2) is 83.9 Å². The molecule has 1 nitrogen and oxygen atoms in total. The van der Waals surface area contributed by atoms with Gasteiger partial charge in [0.05, 0.1) is 11.1 Å². The van der Waals surface area contributed by atoms with Crippen LogP contribution in [-0.4, -0.2) is 4.98 Å². The average molecular weight is 394 g/mol. The molecular formula is C23H15F3NS. The van der Waals surface area contributed by atoms with Gasteiger partial charge in [0.15, 0.2) is 0 Å². The molecule has 4 aromatic rings. The lowest BCUT2D eigenvalue weighted by atomic mass is 9.99. The van der Waals surface area contributed by atoms with Crippen LogP contribution in [0.1, 0.15) is 11.1 Å². The van der Waals surface area contributed by atoms with E-state index in [1.54, 1.807) is 17.8 Å². The number of aromatic nitrogens is 1. The predicted molar refractivity (Wildman–Crippen MR) is 107 cm³/mol. The molecule has 0 aliphatic carbocycles. The van der Waals surface area contributed by atoms with Crippen LogP contribution >= 0.6 is 11.8 Å². The highest BCUT2D eigenvalue weighted by Gasteiger charge is 2.33. The van der Waals surface area contributed by atoms with Crippen molar-refractivity contribution in [3.63, 3.8) is 0 Å². The molecule has 0 bridgehead atoms. The number of halogens is 3. The van der Waals surface area contributed by atoms with E-state index in [1.165, 1.54) is 17.8 Å². The lowest BCUT2D eigenvalue weighted by Crippen LogP contribution is -2.06. The summed E-state index contributed by atoms with van der Waals surface area (Å²) in [6, 6.07) is 25.1. The Morgan fingerprint density at radius 1 is 0.893 bits per heavy atom. The zero-order chi connectivity index (χ0) is 19.6. The number of hydrogen-bond donors (Lipinski definition) is 0. The molecule has 0 N–H and O–H groups in total. The third-order valence-electron chi connectivity index (χ3n) is 4.38. The third-order valence-corrected chi connectivity index (χ3v) is 5.45. The van der Waals surface area contributed by atoms with Crippen LogP contribution in [-0.2, 0) is 11.9 Å². The molecule has 0 aliphatic rings. The molecule has 0 saturated heterocycles. The first-order chi connectivity index (χ1) is 13.5. The molecule has 5 heteroatoms. The van der Waals surface area contributed by atoms with Crippen molar-refractivity contribution in [2.24, 2.45) is 0 Å². The van der Waals surface area contributed by atoms with Crippen molar-refractivity contribution in [3.8, 4) is 11.1 Å². The minimum absolute atomic E-state index is 0.0499. The summed E-state index contributed by atoms with van der Waals surface area (Å²) in [6.07, 6.45) is -3.13. The Morgan fingerprint density at radius 2 is 1.68 bits per heavy atom. The van der Waals surface area contributed by atoms with Crippen molar-refractivity contribution >= 4 is 22.7 Å². The molecule has 0 spiro atoms. The maximum atomic E-state index is 13.3. The smallest absolute Gasteiger partial charge is 0.255 e. The highest BCUT2D eigenvalue weighted by atomic mass is 32.2. The van der Waals surface area contributed by atoms with E-state index in [0.29, 0.717) is 10.9 Å². The number of pyridine rings is 1. The highest BCUT2D eigenvalue weighted by molar-refractivity contribution is 7.98. The lowest BCUT2D eigenvalue weighted by molar-refractivity contribution is -0.136. The Bertz CT molecular complexity index is 1110. The van der Waals surface area contributed by atoms with E-state index < -0.39 is 11.7 Å². The fourth-order valence-corrected chi connectivity index (χ4v) is 3.98. The van der Waals surface area contributed by atoms with Crippen molar-refractivity contribution in [2.45, 2.75) is 16.8 Å². The number of benzene rings is 3. The summed E-state index contributed by atoms with van der Waals surface area (Å²) in [7, 11) is 0. The molecule has 3 aromatic carbocycles. The van der Waals surface area contributed by atoms with Crippen LogP contribution in [0, 0.1) is 6.07 Å². The Balaban J connectivity index is 1.71. The second kappa shape index (κ2) is 7.68. The predicted octanol–water partition coefficient (Wildman–Crippen LogP) is 7.01. The molecule has 0 atom stereocenters. The molecule has 1 heterocycles. The highest BCUT2D eigenvalue weighted by Crippen LogP contribution is 2.37. The van der Waals surface area contributed by atoms with Gasteiger partial charge in [-0.05, 0) is 29.3 Å². The van der Waals surface area contributed by atoms with Crippen LogP contribution < -0.4 is 0 Å². The quantitative estimate of drug-likeness (QED) is 0.345. The van der Waals surface area contributed by atoms with Gasteiger partial charge in [0.2, 0.25) is 0 Å². The van der Waals surface area contributed by atoms with E-state index in [-0.39, 0.29) is 5.52 Å². The summed E-state index contributed by atoms with van der Waals surface area (Å²) in [5.41, 5.74) is 1.89. The number of nitrogens with zero attached hydrogens (tertiary/aromatic N) is 1. The maximum absolute atomic E-state index is 13.3. The largest absolute Gasteiger partial charge is 0.418 e.